The SMILES string of the molecule is [F][Co]([F])[F].[F][Ni][F]. The first-order chi connectivity index (χ1) is 3.15. The van der Waals surface area contributed by atoms with Crippen LogP contribution >= 0.6 is 0 Å². The van der Waals surface area contributed by atoms with Crippen molar-refractivity contribution in [3.63, 3.8) is 0 Å². The zero-order chi connectivity index (χ0) is 6.28. The van der Waals surface area contributed by atoms with Crippen molar-refractivity contribution in [1.82, 2.24) is 0 Å². The average molecular weight is 213 g/mol. The van der Waals surface area contributed by atoms with Crippen molar-refractivity contribution >= 4 is 0 Å². The van der Waals surface area contributed by atoms with Crippen molar-refractivity contribution in [2.24, 2.45) is 0 Å². The molecule has 0 radical (unpaired) electrons. The Kier molecular flexibility index (Phi) is 14.9. The molecule has 0 atom stereocenters. The van der Waals surface area contributed by atoms with E-state index in [0.717, 1.165) is 0 Å². The van der Waals surface area contributed by atoms with E-state index in [4.69, 9.17) is 0 Å². The minimum absolute atomic E-state index is 1.38. The van der Waals surface area contributed by atoms with Crippen molar-refractivity contribution in [3.05, 3.63) is 0 Å². The summed E-state index contributed by atoms with van der Waals surface area (Å²) in [5.41, 5.74) is 0. The fraction of sp³-hybridized carbons (Fsp3) is 0. The molecule has 7 heavy (non-hydrogen) atoms. The Morgan fingerprint density at radius 1 is 1.00 bits per heavy atom. The van der Waals surface area contributed by atoms with Gasteiger partial charge in [0, 0.05) is 0 Å². The van der Waals surface area contributed by atoms with Crippen LogP contribution in [0.5, 0.6) is 0 Å². The quantitative estimate of drug-likeness (QED) is 0.426. The van der Waals surface area contributed by atoms with Gasteiger partial charge in [-0.25, -0.2) is 0 Å². The van der Waals surface area contributed by atoms with Crippen LogP contribution in [0.25, 0.3) is 0 Å². The van der Waals surface area contributed by atoms with Crippen molar-refractivity contribution in [2.45, 2.75) is 0 Å². The Balaban J connectivity index is 0. The molecular weight excluding hydrogens is 213 g/mol. The fourth-order valence-corrected chi connectivity index (χ4v) is 0. The molecule has 0 saturated carbocycles. The third-order valence-electron chi connectivity index (χ3n) is 0. The molecule has 0 aliphatic heterocycles. The number of hydrogen-bond acceptors (Lipinski definition) is 0. The second-order valence-corrected chi connectivity index (χ2v) is 0.775. The first-order valence-corrected chi connectivity index (χ1v) is 2.54. The molecule has 7 heteroatoms. The van der Waals surface area contributed by atoms with E-state index in [-0.39, 0.29) is 0 Å². The molecule has 0 unspecified atom stereocenters. The van der Waals surface area contributed by atoms with Gasteiger partial charge in [0.2, 0.25) is 0 Å². The average Bonchev–Trinajstić information content (AvgIpc) is 1.33. The van der Waals surface area contributed by atoms with Crippen LogP contribution in [-0.4, -0.2) is 0 Å². The fourth-order valence-electron chi connectivity index (χ4n) is 0. The Morgan fingerprint density at radius 3 is 1.00 bits per heavy atom. The van der Waals surface area contributed by atoms with Crippen LogP contribution in [0.4, 0.5) is 18.0 Å². The van der Waals surface area contributed by atoms with E-state index < -0.39 is 30.3 Å². The second kappa shape index (κ2) is 9.82. The summed E-state index contributed by atoms with van der Waals surface area (Å²) in [5.74, 6) is 0. The maximum atomic E-state index is 9.73. The molecule has 0 nitrogen and oxygen atoms in total. The summed E-state index contributed by atoms with van der Waals surface area (Å²) in [4.78, 5) is 0. The Bertz CT molecular complexity index is 19.3. The van der Waals surface area contributed by atoms with Crippen LogP contribution in [0, 0.1) is 0 Å². The number of rotatable bonds is 0. The molecule has 54 valence electrons. The maximum absolute atomic E-state index is 9.73. The van der Waals surface area contributed by atoms with Crippen LogP contribution < -0.4 is 0 Å². The molecule has 0 aromatic rings. The summed E-state index contributed by atoms with van der Waals surface area (Å²) in [5, 5.41) is 0. The van der Waals surface area contributed by atoms with E-state index in [0.29, 0.717) is 0 Å². The Labute approximate surface area is 48.9 Å². The summed E-state index contributed by atoms with van der Waals surface area (Å²) < 4.78 is 48.3. The predicted molar refractivity (Wildman–Crippen MR) is 5.54 cm³/mol. The van der Waals surface area contributed by atoms with Crippen LogP contribution in [0.15, 0.2) is 0 Å². The van der Waals surface area contributed by atoms with Crippen LogP contribution in [-0.2, 0) is 30.3 Å². The van der Waals surface area contributed by atoms with E-state index in [1.165, 1.54) is 0 Å². The van der Waals surface area contributed by atoms with Gasteiger partial charge in [-0.05, 0) is 0 Å². The van der Waals surface area contributed by atoms with Gasteiger partial charge in [-0.3, -0.25) is 0 Å². The van der Waals surface area contributed by atoms with Crippen LogP contribution in [0.1, 0.15) is 0 Å². The third kappa shape index (κ3) is 340. The number of halogens is 5. The summed E-state index contributed by atoms with van der Waals surface area (Å²) in [6.45, 7) is 0. The van der Waals surface area contributed by atoms with Gasteiger partial charge in [-0.1, -0.05) is 0 Å². The molecule has 0 aromatic heterocycles. The molecule has 0 amide bonds. The van der Waals surface area contributed by atoms with Crippen molar-refractivity contribution in [1.29, 1.82) is 0 Å². The minimum atomic E-state index is -4.10. The van der Waals surface area contributed by atoms with Gasteiger partial charge in [0.15, 0.2) is 0 Å². The van der Waals surface area contributed by atoms with Crippen LogP contribution in [0.2, 0.25) is 0 Å². The Hall–Kier alpha value is 0.650. The molecule has 0 bridgehead atoms. The molecular formula is CoF5Ni. The zero-order valence-electron chi connectivity index (χ0n) is 2.54. The van der Waals surface area contributed by atoms with E-state index in [2.05, 4.69) is 0 Å². The molecule has 0 heterocycles. The Morgan fingerprint density at radius 2 is 1.00 bits per heavy atom. The zero-order valence-corrected chi connectivity index (χ0v) is 4.57. The van der Waals surface area contributed by atoms with Gasteiger partial charge in [-0.15, -0.1) is 0 Å². The standard InChI is InChI=1S/Co.5FH.Ni/h;5*1H;/q+3;;;;;;+2/p-5. The molecule has 0 aliphatic carbocycles. The predicted octanol–water partition coefficient (Wildman–Crippen LogP) is 2.10. The first kappa shape index (κ1) is 10.6. The summed E-state index contributed by atoms with van der Waals surface area (Å²) in [7, 11) is 0. The molecule has 0 spiro atoms. The molecule has 0 rings (SSSR count). The first-order valence-electron chi connectivity index (χ1n) is 0.617. The van der Waals surface area contributed by atoms with Crippen molar-refractivity contribution < 1.29 is 48.3 Å². The summed E-state index contributed by atoms with van der Waals surface area (Å²) >= 11 is -5.48. The molecule has 0 fully saturated rings. The topological polar surface area (TPSA) is 0 Å². The summed E-state index contributed by atoms with van der Waals surface area (Å²) in [6, 6.07) is 0. The van der Waals surface area contributed by atoms with E-state index in [9.17, 15) is 18.0 Å². The molecule has 0 saturated heterocycles. The van der Waals surface area contributed by atoms with Gasteiger partial charge in [0.1, 0.15) is 0 Å². The van der Waals surface area contributed by atoms with Gasteiger partial charge in [0.05, 0.1) is 0 Å². The number of hydrogen-bond donors (Lipinski definition) is 0. The normalized spacial score (nSPS) is 9.57. The van der Waals surface area contributed by atoms with Gasteiger partial charge >= 0.3 is 48.3 Å². The third-order valence-corrected chi connectivity index (χ3v) is 0. The van der Waals surface area contributed by atoms with E-state index in [1.807, 2.05) is 0 Å². The van der Waals surface area contributed by atoms with Crippen LogP contribution in [0.3, 0.4) is 0 Å². The molecule has 0 aromatic carbocycles. The molecule has 0 aliphatic rings. The van der Waals surface area contributed by atoms with Gasteiger partial charge < -0.3 is 0 Å². The van der Waals surface area contributed by atoms with Crippen molar-refractivity contribution in [3.8, 4) is 0 Å². The van der Waals surface area contributed by atoms with E-state index >= 15 is 0 Å². The van der Waals surface area contributed by atoms with E-state index in [1.54, 1.807) is 0 Å². The second-order valence-electron chi connectivity index (χ2n) is 0.188. The van der Waals surface area contributed by atoms with Crippen molar-refractivity contribution in [2.75, 3.05) is 0 Å². The van der Waals surface area contributed by atoms with Gasteiger partial charge in [-0.2, -0.15) is 0 Å². The monoisotopic (exact) mass is 212 g/mol. The summed E-state index contributed by atoms with van der Waals surface area (Å²) in [6.07, 6.45) is 0. The van der Waals surface area contributed by atoms with Gasteiger partial charge in [0.25, 0.3) is 0 Å². The molecule has 0 N–H and O–H groups in total.